The van der Waals surface area contributed by atoms with Crippen LogP contribution in [0.4, 0.5) is 0 Å². The minimum atomic E-state index is 0.669. The van der Waals surface area contributed by atoms with E-state index in [1.807, 2.05) is 39.8 Å². The van der Waals surface area contributed by atoms with Crippen LogP contribution >= 0.6 is 0 Å². The van der Waals surface area contributed by atoms with E-state index in [1.54, 1.807) is 7.11 Å². The molecule has 0 spiro atoms. The lowest BCUT2D eigenvalue weighted by molar-refractivity contribution is 0.336. The van der Waals surface area contributed by atoms with Gasteiger partial charge in [-0.05, 0) is 42.5 Å². The Morgan fingerprint density at radius 3 is 2.20 bits per heavy atom. The minimum absolute atomic E-state index is 0.669. The Labute approximate surface area is 156 Å². The monoisotopic (exact) mass is 345 g/mol. The van der Waals surface area contributed by atoms with E-state index in [0.29, 0.717) is 5.92 Å². The van der Waals surface area contributed by atoms with E-state index in [2.05, 4.69) is 49.1 Å². The van der Waals surface area contributed by atoms with Gasteiger partial charge in [0.2, 0.25) is 0 Å². The van der Waals surface area contributed by atoms with Crippen molar-refractivity contribution in [2.75, 3.05) is 13.7 Å². The minimum Gasteiger partial charge on any atom is -0.497 e. The number of hydrogen-bond acceptors (Lipinski definition) is 2. The van der Waals surface area contributed by atoms with Crippen molar-refractivity contribution in [3.05, 3.63) is 53.8 Å². The molecule has 0 aliphatic heterocycles. The van der Waals surface area contributed by atoms with E-state index < -0.39 is 0 Å². The highest BCUT2D eigenvalue weighted by Crippen LogP contribution is 2.22. The Kier molecular flexibility index (Phi) is 13.6. The molecule has 1 aliphatic carbocycles. The summed E-state index contributed by atoms with van der Waals surface area (Å²) in [6.45, 7) is 14.6. The molecular formula is C23H39NO. The van der Waals surface area contributed by atoms with E-state index in [-0.39, 0.29) is 0 Å². The van der Waals surface area contributed by atoms with Crippen LogP contribution in [0.15, 0.2) is 48.2 Å². The lowest BCUT2D eigenvalue weighted by atomic mass is 10.0. The van der Waals surface area contributed by atoms with Crippen LogP contribution in [0.5, 0.6) is 5.75 Å². The van der Waals surface area contributed by atoms with Crippen LogP contribution in [0, 0.1) is 5.92 Å². The molecule has 142 valence electrons. The Hall–Kier alpha value is -1.70. The third-order valence-corrected chi connectivity index (χ3v) is 3.97. The van der Waals surface area contributed by atoms with Gasteiger partial charge in [-0.15, -0.1) is 0 Å². The van der Waals surface area contributed by atoms with Gasteiger partial charge in [0.05, 0.1) is 7.11 Å². The van der Waals surface area contributed by atoms with Gasteiger partial charge in [-0.3, -0.25) is 0 Å². The van der Waals surface area contributed by atoms with Gasteiger partial charge >= 0.3 is 0 Å². The van der Waals surface area contributed by atoms with Gasteiger partial charge in [0.15, 0.2) is 0 Å². The van der Waals surface area contributed by atoms with Gasteiger partial charge in [-0.1, -0.05) is 72.2 Å². The second-order valence-electron chi connectivity index (χ2n) is 5.82. The van der Waals surface area contributed by atoms with Crippen molar-refractivity contribution in [1.29, 1.82) is 0 Å². The number of rotatable bonds is 7. The number of benzene rings is 1. The topological polar surface area (TPSA) is 12.5 Å². The third kappa shape index (κ3) is 8.81. The number of allylic oxidation sites excluding steroid dienone is 3. The van der Waals surface area contributed by atoms with Gasteiger partial charge in [0, 0.05) is 18.8 Å². The lowest BCUT2D eigenvalue weighted by Crippen LogP contribution is -2.24. The highest BCUT2D eigenvalue weighted by Gasteiger charge is 2.11. The molecule has 0 heterocycles. The molecule has 0 bridgehead atoms. The highest BCUT2D eigenvalue weighted by molar-refractivity contribution is 5.29. The normalized spacial score (nSPS) is 15.2. The first-order valence-corrected chi connectivity index (χ1v) is 9.99. The zero-order chi connectivity index (χ0) is 19.1. The van der Waals surface area contributed by atoms with Crippen LogP contribution in [-0.2, 0) is 6.54 Å². The summed E-state index contributed by atoms with van der Waals surface area (Å²) in [6.07, 6.45) is 10.6. The molecule has 25 heavy (non-hydrogen) atoms. The second kappa shape index (κ2) is 14.6. The van der Waals surface area contributed by atoms with Gasteiger partial charge in [0.25, 0.3) is 0 Å². The van der Waals surface area contributed by atoms with Gasteiger partial charge < -0.3 is 9.64 Å². The molecule has 1 aromatic rings. The fraction of sp³-hybridized carbons (Fsp3) is 0.565. The maximum atomic E-state index is 5.23. The van der Waals surface area contributed by atoms with Crippen LogP contribution in [0.1, 0.15) is 66.4 Å². The third-order valence-electron chi connectivity index (χ3n) is 3.97. The summed E-state index contributed by atoms with van der Waals surface area (Å²) >= 11 is 0. The molecule has 0 N–H and O–H groups in total. The van der Waals surface area contributed by atoms with E-state index in [9.17, 15) is 0 Å². The Morgan fingerprint density at radius 1 is 1.08 bits per heavy atom. The van der Waals surface area contributed by atoms with Gasteiger partial charge in [0.1, 0.15) is 5.75 Å². The Balaban J connectivity index is 0.00000134. The van der Waals surface area contributed by atoms with Crippen molar-refractivity contribution >= 4 is 0 Å². The van der Waals surface area contributed by atoms with E-state index in [1.165, 1.54) is 24.1 Å². The van der Waals surface area contributed by atoms with Crippen molar-refractivity contribution in [3.63, 3.8) is 0 Å². The van der Waals surface area contributed by atoms with Gasteiger partial charge in [-0.2, -0.15) is 0 Å². The SMILES string of the molecule is CC.CC.CCCCN(Cc1ccc(OC)cc1)C1=CCC(C)C=C1. The predicted molar refractivity (Wildman–Crippen MR) is 112 cm³/mol. The van der Waals surface area contributed by atoms with Crippen molar-refractivity contribution in [1.82, 2.24) is 4.90 Å². The summed E-state index contributed by atoms with van der Waals surface area (Å²) < 4.78 is 5.23. The van der Waals surface area contributed by atoms with Crippen molar-refractivity contribution in [2.45, 2.75) is 67.3 Å². The molecule has 1 aliphatic rings. The zero-order valence-electron chi connectivity index (χ0n) is 17.5. The molecular weight excluding hydrogens is 306 g/mol. The van der Waals surface area contributed by atoms with Crippen LogP contribution in [-0.4, -0.2) is 18.6 Å². The number of methoxy groups -OCH3 is 1. The first-order valence-electron chi connectivity index (χ1n) is 9.99. The zero-order valence-corrected chi connectivity index (χ0v) is 17.5. The van der Waals surface area contributed by atoms with Crippen molar-refractivity contribution < 1.29 is 4.74 Å². The first kappa shape index (κ1) is 23.3. The fourth-order valence-corrected chi connectivity index (χ4v) is 2.55. The standard InChI is InChI=1S/C19H27NO.2C2H6/c1-4-5-14-20(18-10-6-16(2)7-11-18)15-17-8-12-19(21-3)13-9-17;2*1-2/h6,8-13,16H,4-5,7,14-15H2,1-3H3;2*1-2H3. The summed E-state index contributed by atoms with van der Waals surface area (Å²) in [5.74, 6) is 1.59. The molecule has 0 fully saturated rings. The molecule has 0 amide bonds. The molecule has 2 rings (SSSR count). The summed E-state index contributed by atoms with van der Waals surface area (Å²) in [4.78, 5) is 2.49. The molecule has 1 atom stereocenters. The molecule has 0 saturated heterocycles. The van der Waals surface area contributed by atoms with Gasteiger partial charge in [-0.25, -0.2) is 0 Å². The fourth-order valence-electron chi connectivity index (χ4n) is 2.55. The van der Waals surface area contributed by atoms with E-state index in [4.69, 9.17) is 4.74 Å². The van der Waals surface area contributed by atoms with E-state index in [0.717, 1.165) is 25.3 Å². The van der Waals surface area contributed by atoms with Crippen molar-refractivity contribution in [3.8, 4) is 5.75 Å². The number of hydrogen-bond donors (Lipinski definition) is 0. The first-order chi connectivity index (χ1) is 12.2. The molecule has 1 unspecified atom stereocenters. The summed E-state index contributed by atoms with van der Waals surface area (Å²) in [5, 5.41) is 0. The lowest BCUT2D eigenvalue weighted by Gasteiger charge is -2.28. The molecule has 1 aromatic carbocycles. The van der Waals surface area contributed by atoms with E-state index >= 15 is 0 Å². The number of unbranched alkanes of at least 4 members (excludes halogenated alkanes) is 1. The summed E-state index contributed by atoms with van der Waals surface area (Å²) in [5.41, 5.74) is 2.71. The number of nitrogens with zero attached hydrogens (tertiary/aromatic N) is 1. The molecule has 0 aromatic heterocycles. The summed E-state index contributed by atoms with van der Waals surface area (Å²) in [7, 11) is 1.71. The van der Waals surface area contributed by atoms with Crippen molar-refractivity contribution in [2.24, 2.45) is 5.92 Å². The second-order valence-corrected chi connectivity index (χ2v) is 5.82. The van der Waals surface area contributed by atoms with Crippen LogP contribution < -0.4 is 4.74 Å². The predicted octanol–water partition coefficient (Wildman–Crippen LogP) is 6.83. The van der Waals surface area contributed by atoms with Crippen LogP contribution in [0.3, 0.4) is 0 Å². The molecule has 2 nitrogen and oxygen atoms in total. The molecule has 0 radical (unpaired) electrons. The largest absolute Gasteiger partial charge is 0.497 e. The van der Waals surface area contributed by atoms with Crippen LogP contribution in [0.2, 0.25) is 0 Å². The molecule has 2 heteroatoms. The highest BCUT2D eigenvalue weighted by atomic mass is 16.5. The average Bonchev–Trinajstić information content (AvgIpc) is 2.69. The smallest absolute Gasteiger partial charge is 0.118 e. The maximum absolute atomic E-state index is 5.23. The Bertz CT molecular complexity index is 487. The Morgan fingerprint density at radius 2 is 1.72 bits per heavy atom. The average molecular weight is 346 g/mol. The van der Waals surface area contributed by atoms with Crippen LogP contribution in [0.25, 0.3) is 0 Å². The summed E-state index contributed by atoms with van der Waals surface area (Å²) in [6, 6.07) is 8.40. The number of ether oxygens (including phenoxy) is 1. The quantitative estimate of drug-likeness (QED) is 0.537. The molecule has 0 saturated carbocycles. The maximum Gasteiger partial charge on any atom is 0.118 e.